The van der Waals surface area contributed by atoms with Crippen molar-refractivity contribution in [1.82, 2.24) is 16.0 Å². The summed E-state index contributed by atoms with van der Waals surface area (Å²) >= 11 is 0. The number of carbonyl (C=O) groups is 1. The van der Waals surface area contributed by atoms with Crippen molar-refractivity contribution in [1.29, 1.82) is 0 Å². The molecule has 6 nitrogen and oxygen atoms in total. The van der Waals surface area contributed by atoms with Crippen molar-refractivity contribution in [2.45, 2.75) is 47.3 Å². The van der Waals surface area contributed by atoms with Crippen molar-refractivity contribution < 1.29 is 9.53 Å². The Labute approximate surface area is 168 Å². The van der Waals surface area contributed by atoms with Crippen LogP contribution in [0.2, 0.25) is 0 Å². The Morgan fingerprint density at radius 2 is 1.88 bits per heavy atom. The first kappa shape index (κ1) is 23.5. The fourth-order valence-corrected chi connectivity index (χ4v) is 2.08. The van der Waals surface area contributed by atoms with Gasteiger partial charge in [-0.3, -0.25) is 4.79 Å². The molecule has 0 fully saturated rings. The molecule has 0 saturated carbocycles. The molecule has 1 aromatic carbocycles. The van der Waals surface area contributed by atoms with Gasteiger partial charge in [0.25, 0.3) is 0 Å². The number of rotatable bonds is 8. The summed E-state index contributed by atoms with van der Waals surface area (Å²) in [4.78, 5) is 15.5. The van der Waals surface area contributed by atoms with Crippen molar-refractivity contribution in [2.75, 3.05) is 19.6 Å². The van der Waals surface area contributed by atoms with Crippen molar-refractivity contribution >= 4 is 35.8 Å². The number of nitrogens with zero attached hydrogens (tertiary/aromatic N) is 1. The Hall–Kier alpha value is -1.51. The first-order valence-corrected chi connectivity index (χ1v) is 8.45. The van der Waals surface area contributed by atoms with E-state index in [9.17, 15) is 4.79 Å². The fourth-order valence-electron chi connectivity index (χ4n) is 2.08. The van der Waals surface area contributed by atoms with Gasteiger partial charge in [0, 0.05) is 32.1 Å². The highest BCUT2D eigenvalue weighted by atomic mass is 127. The zero-order valence-corrected chi connectivity index (χ0v) is 18.1. The van der Waals surface area contributed by atoms with Gasteiger partial charge in [0.05, 0.1) is 12.6 Å². The monoisotopic (exact) mass is 462 g/mol. The molecule has 3 N–H and O–H groups in total. The van der Waals surface area contributed by atoms with Gasteiger partial charge in [0.1, 0.15) is 5.75 Å². The molecule has 0 saturated heterocycles. The van der Waals surface area contributed by atoms with Crippen molar-refractivity contribution in [3.63, 3.8) is 0 Å². The maximum atomic E-state index is 10.9. The fraction of sp³-hybridized carbons (Fsp3) is 0.556. The van der Waals surface area contributed by atoms with Gasteiger partial charge in [-0.25, -0.2) is 4.99 Å². The molecule has 0 aromatic heterocycles. The Bertz CT molecular complexity index is 562. The number of nitrogens with one attached hydrogen (secondary N) is 3. The molecule has 1 rings (SSSR count). The highest BCUT2D eigenvalue weighted by Gasteiger charge is 2.06. The summed E-state index contributed by atoms with van der Waals surface area (Å²) in [6, 6.07) is 6.16. The summed E-state index contributed by atoms with van der Waals surface area (Å²) in [6.07, 6.45) is 0.124. The second kappa shape index (κ2) is 12.8. The van der Waals surface area contributed by atoms with E-state index >= 15 is 0 Å². The van der Waals surface area contributed by atoms with E-state index in [1.165, 1.54) is 12.5 Å². The summed E-state index contributed by atoms with van der Waals surface area (Å²) in [5.41, 5.74) is 2.21. The Balaban J connectivity index is 0.00000576. The molecular weight excluding hydrogens is 431 g/mol. The number of carbonyl (C=O) groups excluding carboxylic acids is 1. The predicted molar refractivity (Wildman–Crippen MR) is 114 cm³/mol. The van der Waals surface area contributed by atoms with E-state index in [1.807, 2.05) is 33.8 Å². The summed E-state index contributed by atoms with van der Waals surface area (Å²) in [7, 11) is 0. The van der Waals surface area contributed by atoms with E-state index in [-0.39, 0.29) is 36.0 Å². The van der Waals surface area contributed by atoms with Gasteiger partial charge in [-0.1, -0.05) is 12.1 Å². The zero-order valence-electron chi connectivity index (χ0n) is 15.8. The molecule has 0 heterocycles. The van der Waals surface area contributed by atoms with Crippen molar-refractivity contribution in [3.05, 3.63) is 29.3 Å². The van der Waals surface area contributed by atoms with Gasteiger partial charge in [0.15, 0.2) is 5.96 Å². The van der Waals surface area contributed by atoms with E-state index in [1.54, 1.807) is 0 Å². The van der Waals surface area contributed by atoms with Crippen LogP contribution in [0.4, 0.5) is 0 Å². The minimum atomic E-state index is -0.0335. The molecule has 0 aliphatic carbocycles. The number of ether oxygens (including phenoxy) is 1. The number of hydrogen-bond donors (Lipinski definition) is 3. The molecule has 0 atom stereocenters. The minimum Gasteiger partial charge on any atom is -0.491 e. The van der Waals surface area contributed by atoms with E-state index in [0.29, 0.717) is 19.6 Å². The molecule has 1 aromatic rings. The van der Waals surface area contributed by atoms with Crippen LogP contribution < -0.4 is 20.7 Å². The van der Waals surface area contributed by atoms with E-state index in [2.05, 4.69) is 33.1 Å². The molecule has 0 aliphatic rings. The van der Waals surface area contributed by atoms with Gasteiger partial charge in [-0.2, -0.15) is 0 Å². The quantitative estimate of drug-likeness (QED) is 0.240. The van der Waals surface area contributed by atoms with Crippen molar-refractivity contribution in [2.24, 2.45) is 4.99 Å². The first-order valence-electron chi connectivity index (χ1n) is 8.45. The maximum Gasteiger partial charge on any atom is 0.216 e. The van der Waals surface area contributed by atoms with Crippen LogP contribution in [0.5, 0.6) is 5.75 Å². The van der Waals surface area contributed by atoms with E-state index in [4.69, 9.17) is 4.74 Å². The molecule has 7 heteroatoms. The Morgan fingerprint density at radius 3 is 2.48 bits per heavy atom. The third-order valence-corrected chi connectivity index (χ3v) is 3.13. The van der Waals surface area contributed by atoms with Crippen LogP contribution in [-0.2, 0) is 11.3 Å². The number of halogens is 1. The zero-order chi connectivity index (χ0) is 17.9. The first-order chi connectivity index (χ1) is 11.4. The highest BCUT2D eigenvalue weighted by Crippen LogP contribution is 2.22. The van der Waals surface area contributed by atoms with Gasteiger partial charge in [-0.05, 0) is 39.3 Å². The smallest absolute Gasteiger partial charge is 0.216 e. The largest absolute Gasteiger partial charge is 0.491 e. The predicted octanol–water partition coefficient (Wildman–Crippen LogP) is 2.59. The normalized spacial score (nSPS) is 10.9. The van der Waals surface area contributed by atoms with E-state index in [0.717, 1.165) is 23.8 Å². The van der Waals surface area contributed by atoms with E-state index < -0.39 is 0 Å². The van der Waals surface area contributed by atoms with Gasteiger partial charge >= 0.3 is 0 Å². The summed E-state index contributed by atoms with van der Waals surface area (Å²) in [6.45, 7) is 12.1. The number of guanidine groups is 1. The second-order valence-electron chi connectivity index (χ2n) is 5.88. The SMILES string of the molecule is CCNC(=NCc1ccc(C)cc1OC(C)C)NCCNC(C)=O.I. The minimum absolute atomic E-state index is 0. The standard InChI is InChI=1S/C18H30N4O2.HI/c1-6-19-18(21-10-9-20-15(5)23)22-12-16-8-7-14(4)11-17(16)24-13(2)3;/h7-8,11,13H,6,9-10,12H2,1-5H3,(H,20,23)(H2,19,21,22);1H. The van der Waals surface area contributed by atoms with Crippen LogP contribution in [0.25, 0.3) is 0 Å². The van der Waals surface area contributed by atoms with Crippen LogP contribution in [0.3, 0.4) is 0 Å². The Morgan fingerprint density at radius 1 is 1.20 bits per heavy atom. The number of amides is 1. The second-order valence-corrected chi connectivity index (χ2v) is 5.88. The molecule has 142 valence electrons. The molecule has 0 bridgehead atoms. The molecule has 0 unspecified atom stereocenters. The van der Waals surface area contributed by atoms with Crippen LogP contribution in [0.15, 0.2) is 23.2 Å². The van der Waals surface area contributed by atoms with Gasteiger partial charge < -0.3 is 20.7 Å². The average molecular weight is 462 g/mol. The highest BCUT2D eigenvalue weighted by molar-refractivity contribution is 14.0. The lowest BCUT2D eigenvalue weighted by molar-refractivity contribution is -0.118. The van der Waals surface area contributed by atoms with Crippen LogP contribution in [0.1, 0.15) is 38.8 Å². The molecule has 0 aliphatic heterocycles. The lowest BCUT2D eigenvalue weighted by Gasteiger charge is -2.15. The molecule has 1 amide bonds. The summed E-state index contributed by atoms with van der Waals surface area (Å²) in [5.74, 6) is 1.57. The number of aryl methyl sites for hydroxylation is 1. The third kappa shape index (κ3) is 10.2. The topological polar surface area (TPSA) is 74.8 Å². The maximum absolute atomic E-state index is 10.9. The summed E-state index contributed by atoms with van der Waals surface area (Å²) in [5, 5.41) is 9.15. The van der Waals surface area contributed by atoms with Crippen LogP contribution >= 0.6 is 24.0 Å². The number of benzene rings is 1. The molecule has 25 heavy (non-hydrogen) atoms. The van der Waals surface area contributed by atoms with Crippen molar-refractivity contribution in [3.8, 4) is 5.75 Å². The lowest BCUT2D eigenvalue weighted by atomic mass is 10.1. The molecular formula is C18H31IN4O2. The molecule has 0 spiro atoms. The lowest BCUT2D eigenvalue weighted by Crippen LogP contribution is -2.41. The third-order valence-electron chi connectivity index (χ3n) is 3.13. The van der Waals surface area contributed by atoms with Gasteiger partial charge in [0.2, 0.25) is 5.91 Å². The number of aliphatic imine (C=N–C) groups is 1. The molecule has 0 radical (unpaired) electrons. The van der Waals surface area contributed by atoms with Crippen LogP contribution in [-0.4, -0.2) is 37.6 Å². The number of hydrogen-bond acceptors (Lipinski definition) is 3. The Kier molecular flexibility index (Phi) is 12.0. The average Bonchev–Trinajstić information content (AvgIpc) is 2.49. The van der Waals surface area contributed by atoms with Gasteiger partial charge in [-0.15, -0.1) is 24.0 Å². The summed E-state index contributed by atoms with van der Waals surface area (Å²) < 4.78 is 5.89. The van der Waals surface area contributed by atoms with Crippen LogP contribution in [0, 0.1) is 6.92 Å².